The van der Waals surface area contributed by atoms with Gasteiger partial charge in [0.15, 0.2) is 0 Å². The van der Waals surface area contributed by atoms with Crippen LogP contribution in [0.1, 0.15) is 25.7 Å². The molecule has 1 unspecified atom stereocenters. The predicted molar refractivity (Wildman–Crippen MR) is 70.3 cm³/mol. The van der Waals surface area contributed by atoms with Gasteiger partial charge in [-0.15, -0.1) is 0 Å². The Morgan fingerprint density at radius 1 is 1.10 bits per heavy atom. The maximum atomic E-state index is 12.9. The third-order valence-electron chi connectivity index (χ3n) is 4.24. The average Bonchev–Trinajstić information content (AvgIpc) is 2.95. The van der Waals surface area contributed by atoms with Crippen molar-refractivity contribution in [1.82, 2.24) is 9.80 Å². The smallest absolute Gasteiger partial charge is 0.339 e. The molecule has 0 N–H and O–H groups in total. The molecule has 0 aromatic carbocycles. The molecule has 0 spiro atoms. The Balaban J connectivity index is 1.96. The second-order valence-electron chi connectivity index (χ2n) is 5.53. The zero-order valence-electron chi connectivity index (χ0n) is 11.7. The zero-order chi connectivity index (χ0) is 15.6. The number of hydrogen-bond donors (Lipinski definition) is 0. The number of piperidine rings is 1. The summed E-state index contributed by atoms with van der Waals surface area (Å²) in [4.78, 5) is 26.3. The van der Waals surface area contributed by atoms with Gasteiger partial charge in [-0.05, 0) is 31.8 Å². The maximum absolute atomic E-state index is 12.9. The molecule has 0 radical (unpaired) electrons. The van der Waals surface area contributed by atoms with Crippen LogP contribution in [0, 0.1) is 5.92 Å². The van der Waals surface area contributed by atoms with Crippen LogP contribution < -0.4 is 0 Å². The Morgan fingerprint density at radius 3 is 2.24 bits per heavy atom. The van der Waals surface area contributed by atoms with E-state index in [2.05, 4.69) is 6.58 Å². The molecule has 0 aliphatic carbocycles. The van der Waals surface area contributed by atoms with Gasteiger partial charge in [-0.25, -0.2) is 0 Å². The van der Waals surface area contributed by atoms with Crippen LogP contribution >= 0.6 is 0 Å². The molecular formula is C14H19F3N2O2. The number of amides is 2. The Bertz CT molecular complexity index is 428. The number of halogens is 3. The van der Waals surface area contributed by atoms with E-state index >= 15 is 0 Å². The zero-order valence-corrected chi connectivity index (χ0v) is 11.7. The highest BCUT2D eigenvalue weighted by molar-refractivity contribution is 5.87. The summed E-state index contributed by atoms with van der Waals surface area (Å²) in [5.74, 6) is -1.03. The lowest BCUT2D eigenvalue weighted by Gasteiger charge is -2.35. The van der Waals surface area contributed by atoms with Crippen molar-refractivity contribution in [2.45, 2.75) is 37.9 Å². The van der Waals surface area contributed by atoms with E-state index in [-0.39, 0.29) is 18.9 Å². The molecule has 2 rings (SSSR count). The second-order valence-corrected chi connectivity index (χ2v) is 5.53. The van der Waals surface area contributed by atoms with Crippen LogP contribution in [0.25, 0.3) is 0 Å². The first-order chi connectivity index (χ1) is 9.84. The summed E-state index contributed by atoms with van der Waals surface area (Å²) in [6.07, 6.45) is -1.93. The van der Waals surface area contributed by atoms with Gasteiger partial charge in [0.05, 0.1) is 0 Å². The lowest BCUT2D eigenvalue weighted by Crippen LogP contribution is -2.49. The van der Waals surface area contributed by atoms with E-state index in [1.165, 1.54) is 6.08 Å². The number of carbonyl (C=O) groups excluding carboxylic acids is 2. The SMILES string of the molecule is C=CC(=O)N1CCC(C(=O)N2CCCC2C(F)(F)F)CC1. The summed E-state index contributed by atoms with van der Waals surface area (Å²) in [6.45, 7) is 4.36. The number of carbonyl (C=O) groups is 2. The molecule has 0 aromatic rings. The summed E-state index contributed by atoms with van der Waals surface area (Å²) in [5, 5.41) is 0. The number of rotatable bonds is 2. The monoisotopic (exact) mass is 304 g/mol. The van der Waals surface area contributed by atoms with Crippen LogP contribution in [0.2, 0.25) is 0 Å². The van der Waals surface area contributed by atoms with Crippen molar-refractivity contribution in [3.63, 3.8) is 0 Å². The van der Waals surface area contributed by atoms with Crippen LogP contribution in [-0.4, -0.2) is 53.5 Å². The van der Waals surface area contributed by atoms with Gasteiger partial charge in [-0.2, -0.15) is 13.2 Å². The topological polar surface area (TPSA) is 40.6 Å². The first kappa shape index (κ1) is 15.9. The first-order valence-corrected chi connectivity index (χ1v) is 7.13. The molecule has 0 saturated carbocycles. The lowest BCUT2D eigenvalue weighted by atomic mass is 9.95. The minimum atomic E-state index is -4.36. The molecule has 2 amide bonds. The second kappa shape index (κ2) is 6.07. The molecule has 1 atom stereocenters. The number of likely N-dealkylation sites (tertiary alicyclic amines) is 2. The molecule has 0 aromatic heterocycles. The molecule has 2 aliphatic rings. The third kappa shape index (κ3) is 3.39. The lowest BCUT2D eigenvalue weighted by molar-refractivity contribution is -0.185. The predicted octanol–water partition coefficient (Wildman–Crippen LogP) is 1.96. The molecule has 2 fully saturated rings. The van der Waals surface area contributed by atoms with Gasteiger partial charge < -0.3 is 9.80 Å². The summed E-state index contributed by atoms with van der Waals surface area (Å²) >= 11 is 0. The molecule has 4 nitrogen and oxygen atoms in total. The molecule has 21 heavy (non-hydrogen) atoms. The van der Waals surface area contributed by atoms with Crippen LogP contribution in [0.4, 0.5) is 13.2 Å². The van der Waals surface area contributed by atoms with Crippen molar-refractivity contribution < 1.29 is 22.8 Å². The molecule has 7 heteroatoms. The van der Waals surface area contributed by atoms with Gasteiger partial charge >= 0.3 is 6.18 Å². The van der Waals surface area contributed by atoms with Gasteiger partial charge in [0.2, 0.25) is 11.8 Å². The minimum Gasteiger partial charge on any atom is -0.339 e. The first-order valence-electron chi connectivity index (χ1n) is 7.13. The quantitative estimate of drug-likeness (QED) is 0.732. The molecule has 2 aliphatic heterocycles. The molecular weight excluding hydrogens is 285 g/mol. The van der Waals surface area contributed by atoms with E-state index in [1.807, 2.05) is 0 Å². The van der Waals surface area contributed by atoms with Crippen molar-refractivity contribution >= 4 is 11.8 Å². The summed E-state index contributed by atoms with van der Waals surface area (Å²) in [5.41, 5.74) is 0. The van der Waals surface area contributed by atoms with Crippen LogP contribution in [0.3, 0.4) is 0 Å². The number of nitrogens with zero attached hydrogens (tertiary/aromatic N) is 2. The average molecular weight is 304 g/mol. The van der Waals surface area contributed by atoms with Crippen LogP contribution in [-0.2, 0) is 9.59 Å². The molecule has 2 saturated heterocycles. The Morgan fingerprint density at radius 2 is 1.71 bits per heavy atom. The van der Waals surface area contributed by atoms with Crippen molar-refractivity contribution in [3.05, 3.63) is 12.7 Å². The minimum absolute atomic E-state index is 0.0109. The Kier molecular flexibility index (Phi) is 4.58. The van der Waals surface area contributed by atoms with E-state index in [4.69, 9.17) is 0 Å². The highest BCUT2D eigenvalue weighted by Crippen LogP contribution is 2.34. The van der Waals surface area contributed by atoms with E-state index in [0.717, 1.165) is 4.90 Å². The van der Waals surface area contributed by atoms with E-state index in [0.29, 0.717) is 32.4 Å². The molecule has 118 valence electrons. The maximum Gasteiger partial charge on any atom is 0.408 e. The summed E-state index contributed by atoms with van der Waals surface area (Å²) < 4.78 is 38.7. The summed E-state index contributed by atoms with van der Waals surface area (Å²) in [6, 6.07) is -1.64. The largest absolute Gasteiger partial charge is 0.408 e. The van der Waals surface area contributed by atoms with E-state index < -0.39 is 24.0 Å². The third-order valence-corrected chi connectivity index (χ3v) is 4.24. The molecule has 0 bridgehead atoms. The highest BCUT2D eigenvalue weighted by atomic mass is 19.4. The fourth-order valence-electron chi connectivity index (χ4n) is 3.08. The van der Waals surface area contributed by atoms with Crippen molar-refractivity contribution in [2.24, 2.45) is 5.92 Å². The molecule has 2 heterocycles. The van der Waals surface area contributed by atoms with Crippen LogP contribution in [0.15, 0.2) is 12.7 Å². The number of alkyl halides is 3. The standard InChI is InChI=1S/C14H19F3N2O2/c1-2-12(20)18-8-5-10(6-9-18)13(21)19-7-3-4-11(19)14(15,16)17/h2,10-11H,1,3-9H2. The van der Waals surface area contributed by atoms with Crippen LogP contribution in [0.5, 0.6) is 0 Å². The normalized spacial score (nSPS) is 24.2. The van der Waals surface area contributed by atoms with E-state index in [9.17, 15) is 22.8 Å². The van der Waals surface area contributed by atoms with Gasteiger partial charge in [-0.3, -0.25) is 9.59 Å². The van der Waals surface area contributed by atoms with Crippen molar-refractivity contribution in [3.8, 4) is 0 Å². The van der Waals surface area contributed by atoms with Gasteiger partial charge in [-0.1, -0.05) is 6.58 Å². The van der Waals surface area contributed by atoms with Crippen molar-refractivity contribution in [1.29, 1.82) is 0 Å². The van der Waals surface area contributed by atoms with Gasteiger partial charge in [0.25, 0.3) is 0 Å². The van der Waals surface area contributed by atoms with Gasteiger partial charge in [0, 0.05) is 25.6 Å². The fraction of sp³-hybridized carbons (Fsp3) is 0.714. The fourth-order valence-corrected chi connectivity index (χ4v) is 3.08. The Hall–Kier alpha value is -1.53. The van der Waals surface area contributed by atoms with E-state index in [1.54, 1.807) is 4.90 Å². The number of hydrogen-bond acceptors (Lipinski definition) is 2. The Labute approximate surface area is 121 Å². The summed E-state index contributed by atoms with van der Waals surface area (Å²) in [7, 11) is 0. The van der Waals surface area contributed by atoms with Gasteiger partial charge in [0.1, 0.15) is 6.04 Å². The van der Waals surface area contributed by atoms with Crippen molar-refractivity contribution in [2.75, 3.05) is 19.6 Å². The highest BCUT2D eigenvalue weighted by Gasteiger charge is 2.48.